The topological polar surface area (TPSA) is 85.4 Å². The van der Waals surface area contributed by atoms with Gasteiger partial charge in [0, 0.05) is 37.8 Å². The number of nitrogens with zero attached hydrogens (tertiary/aromatic N) is 1. The van der Waals surface area contributed by atoms with E-state index in [0.29, 0.717) is 27.6 Å². The fourth-order valence-corrected chi connectivity index (χ4v) is 5.43. The number of amides is 1. The average Bonchev–Trinajstić information content (AvgIpc) is 2.85. The molecule has 0 spiro atoms. The van der Waals surface area contributed by atoms with Crippen LogP contribution in [-0.4, -0.2) is 24.6 Å². The molecule has 0 aliphatic heterocycles. The van der Waals surface area contributed by atoms with E-state index >= 15 is 0 Å². The highest BCUT2D eigenvalue weighted by molar-refractivity contribution is 9.11. The summed E-state index contributed by atoms with van der Waals surface area (Å²) in [6.07, 6.45) is 5.34. The minimum Gasteiger partial charge on any atom is -0.489 e. The van der Waals surface area contributed by atoms with Crippen molar-refractivity contribution in [1.29, 1.82) is 0 Å². The molecule has 0 saturated heterocycles. The molecule has 1 aliphatic carbocycles. The van der Waals surface area contributed by atoms with Gasteiger partial charge in [-0.2, -0.15) is 0 Å². The zero-order valence-corrected chi connectivity index (χ0v) is 23.0. The maximum atomic E-state index is 14.2. The molecular weight excluding hydrogens is 606 g/mol. The molecule has 1 amide bonds. The highest BCUT2D eigenvalue weighted by Crippen LogP contribution is 2.27. The highest BCUT2D eigenvalue weighted by Gasteiger charge is 2.27. The van der Waals surface area contributed by atoms with Crippen molar-refractivity contribution in [2.24, 2.45) is 0 Å². The van der Waals surface area contributed by atoms with Crippen molar-refractivity contribution >= 4 is 55.1 Å². The number of carbonyl (C=O) groups is 1. The van der Waals surface area contributed by atoms with Crippen LogP contribution in [0.3, 0.4) is 0 Å². The van der Waals surface area contributed by atoms with Gasteiger partial charge in [-0.05, 0) is 48.9 Å². The van der Waals surface area contributed by atoms with E-state index in [0.717, 1.165) is 4.48 Å². The van der Waals surface area contributed by atoms with Crippen LogP contribution < -0.4 is 9.46 Å². The first kappa shape index (κ1) is 27.3. The molecule has 1 unspecified atom stereocenters. The van der Waals surface area contributed by atoms with Gasteiger partial charge in [-0.15, -0.1) is 0 Å². The Morgan fingerprint density at radius 3 is 2.59 bits per heavy atom. The molecule has 3 aromatic rings. The number of hydrogen-bond acceptors (Lipinski definition) is 5. The van der Waals surface area contributed by atoms with E-state index < -0.39 is 27.0 Å². The van der Waals surface area contributed by atoms with Crippen molar-refractivity contribution in [3.05, 3.63) is 116 Å². The summed E-state index contributed by atoms with van der Waals surface area (Å²) in [6, 6.07) is 14.1. The Hall–Kier alpha value is -2.72. The Bertz CT molecular complexity index is 1510. The first-order valence-electron chi connectivity index (χ1n) is 11.0. The van der Waals surface area contributed by atoms with Gasteiger partial charge in [0.15, 0.2) is 0 Å². The molecular formula is C26H20BrCl2FN2O4S. The van der Waals surface area contributed by atoms with E-state index in [-0.39, 0.29) is 30.2 Å². The Balaban J connectivity index is 1.49. The molecule has 0 saturated carbocycles. The zero-order valence-electron chi connectivity index (χ0n) is 19.1. The molecule has 11 heteroatoms. The summed E-state index contributed by atoms with van der Waals surface area (Å²) in [5, 5.41) is -0.116. The first-order chi connectivity index (χ1) is 17.6. The van der Waals surface area contributed by atoms with Crippen molar-refractivity contribution in [3.63, 3.8) is 0 Å². The molecule has 37 heavy (non-hydrogen) atoms. The predicted molar refractivity (Wildman–Crippen MR) is 145 cm³/mol. The molecule has 6 nitrogen and oxygen atoms in total. The van der Waals surface area contributed by atoms with Gasteiger partial charge in [0.2, 0.25) is 10.0 Å². The van der Waals surface area contributed by atoms with Crippen LogP contribution in [0.1, 0.15) is 33.7 Å². The number of aromatic nitrogens is 1. The van der Waals surface area contributed by atoms with Gasteiger partial charge in [0.1, 0.15) is 29.1 Å². The summed E-state index contributed by atoms with van der Waals surface area (Å²) in [7, 11) is -3.95. The lowest BCUT2D eigenvalue weighted by atomic mass is 10.1. The van der Waals surface area contributed by atoms with Crippen LogP contribution in [0.25, 0.3) is 0 Å². The van der Waals surface area contributed by atoms with Crippen molar-refractivity contribution in [2.75, 3.05) is 0 Å². The average molecular weight is 626 g/mol. The minimum absolute atomic E-state index is 0.0350. The van der Waals surface area contributed by atoms with Crippen LogP contribution in [0.5, 0.6) is 5.75 Å². The van der Waals surface area contributed by atoms with Gasteiger partial charge in [-0.3, -0.25) is 4.79 Å². The molecule has 1 aliphatic rings. The number of hydrogen-bond donors (Lipinski definition) is 1. The summed E-state index contributed by atoms with van der Waals surface area (Å²) in [4.78, 5) is 17.1. The van der Waals surface area contributed by atoms with Gasteiger partial charge in [-0.1, -0.05) is 69.5 Å². The van der Waals surface area contributed by atoms with E-state index in [9.17, 15) is 17.6 Å². The molecule has 4 rings (SSSR count). The van der Waals surface area contributed by atoms with Gasteiger partial charge in [0.25, 0.3) is 5.91 Å². The van der Waals surface area contributed by atoms with Gasteiger partial charge < -0.3 is 4.74 Å². The molecule has 0 bridgehead atoms. The molecule has 0 radical (unpaired) electrons. The summed E-state index contributed by atoms with van der Waals surface area (Å²) in [5.41, 5.74) is 1.42. The Kier molecular flexibility index (Phi) is 8.69. The third kappa shape index (κ3) is 7.19. The van der Waals surface area contributed by atoms with Crippen LogP contribution in [0.2, 0.25) is 10.0 Å². The van der Waals surface area contributed by atoms with Crippen LogP contribution in [0.15, 0.2) is 77.3 Å². The maximum Gasteiger partial charge on any atom is 0.283 e. The second-order valence-corrected chi connectivity index (χ2v) is 11.9. The van der Waals surface area contributed by atoms with Gasteiger partial charge in [0.05, 0.1) is 0 Å². The predicted octanol–water partition coefficient (Wildman–Crippen LogP) is 6.36. The van der Waals surface area contributed by atoms with E-state index in [1.807, 2.05) is 0 Å². The molecule has 1 aromatic heterocycles. The lowest BCUT2D eigenvalue weighted by Crippen LogP contribution is -2.38. The van der Waals surface area contributed by atoms with E-state index in [2.05, 4.69) is 25.6 Å². The number of benzene rings is 2. The van der Waals surface area contributed by atoms with E-state index in [1.165, 1.54) is 18.2 Å². The Labute approximate surface area is 232 Å². The van der Waals surface area contributed by atoms with Crippen molar-refractivity contribution in [3.8, 4) is 5.75 Å². The monoisotopic (exact) mass is 624 g/mol. The summed E-state index contributed by atoms with van der Waals surface area (Å²) >= 11 is 15.3. The summed E-state index contributed by atoms with van der Waals surface area (Å²) < 4.78 is 48.2. The maximum absolute atomic E-state index is 14.2. The number of nitrogens with one attached hydrogen (secondary N) is 1. The molecule has 192 valence electrons. The molecule has 1 atom stereocenters. The fraction of sp³-hybridized carbons (Fsp3) is 0.154. The second-order valence-electron chi connectivity index (χ2n) is 8.17. The lowest BCUT2D eigenvalue weighted by molar-refractivity contribution is 0.0976. The number of rotatable bonds is 8. The number of allylic oxidation sites excluding steroid dienone is 3. The molecule has 0 fully saturated rings. The lowest BCUT2D eigenvalue weighted by Gasteiger charge is -2.16. The normalized spacial score (nSPS) is 15.2. The van der Waals surface area contributed by atoms with Crippen molar-refractivity contribution < 1.29 is 22.3 Å². The van der Waals surface area contributed by atoms with Crippen molar-refractivity contribution in [1.82, 2.24) is 9.71 Å². The van der Waals surface area contributed by atoms with Crippen LogP contribution >= 0.6 is 39.1 Å². The smallest absolute Gasteiger partial charge is 0.283 e. The second kappa shape index (κ2) is 11.8. The van der Waals surface area contributed by atoms with Crippen molar-refractivity contribution in [2.45, 2.75) is 24.7 Å². The third-order valence-electron chi connectivity index (χ3n) is 5.48. The number of ether oxygens (including phenoxy) is 1. The van der Waals surface area contributed by atoms with Crippen LogP contribution in [-0.2, 0) is 23.1 Å². The van der Waals surface area contributed by atoms with Gasteiger partial charge in [-0.25, -0.2) is 22.5 Å². The van der Waals surface area contributed by atoms with Gasteiger partial charge >= 0.3 is 0 Å². The molecule has 1 heterocycles. The quantitative estimate of drug-likeness (QED) is 0.315. The Morgan fingerprint density at radius 2 is 1.86 bits per heavy atom. The Morgan fingerprint density at radius 1 is 1.11 bits per heavy atom. The zero-order chi connectivity index (χ0) is 26.6. The van der Waals surface area contributed by atoms with E-state index in [1.54, 1.807) is 54.6 Å². The summed E-state index contributed by atoms with van der Waals surface area (Å²) in [5.74, 6) is -0.850. The third-order valence-corrected chi connectivity index (χ3v) is 8.16. The summed E-state index contributed by atoms with van der Waals surface area (Å²) in [6.45, 7) is -0.0350. The minimum atomic E-state index is -3.95. The number of sulfonamides is 1. The number of pyridine rings is 1. The SMILES string of the molecule is O=C(NS(=O)(=O)C1C=CC(Br)=CC1)c1cccc(Cc2cc(Cl)ccc2OCc2ccc(Cl)cc2F)n1. The number of halogens is 4. The largest absolute Gasteiger partial charge is 0.489 e. The highest BCUT2D eigenvalue weighted by atomic mass is 79.9. The van der Waals surface area contributed by atoms with Crippen LogP contribution in [0.4, 0.5) is 4.39 Å². The fourth-order valence-electron chi connectivity index (χ4n) is 3.58. The first-order valence-corrected chi connectivity index (χ1v) is 14.1. The van der Waals surface area contributed by atoms with Crippen LogP contribution in [0, 0.1) is 5.82 Å². The molecule has 1 N–H and O–H groups in total. The van der Waals surface area contributed by atoms with E-state index in [4.69, 9.17) is 27.9 Å². The number of carbonyl (C=O) groups excluding carboxylic acids is 1. The molecule has 2 aromatic carbocycles. The standard InChI is InChI=1S/C26H20BrCl2FN2O4S/c27-18-5-9-22(10-6-18)37(34,35)32-26(33)24-3-1-2-21(31-24)13-17-12-19(28)8-11-25(17)36-15-16-4-7-20(29)14-23(16)30/h1-9,11-12,14,22H,10,13,15H2,(H,32,33).